The number of nitrogens with zero attached hydrogens (tertiary/aromatic N) is 2. The van der Waals surface area contributed by atoms with Gasteiger partial charge in [-0.1, -0.05) is 17.7 Å². The Balaban J connectivity index is 1.64. The van der Waals surface area contributed by atoms with Crippen LogP contribution in [0.2, 0.25) is 5.02 Å². The molecule has 1 fully saturated rings. The van der Waals surface area contributed by atoms with Gasteiger partial charge in [-0.15, -0.1) is 0 Å². The van der Waals surface area contributed by atoms with Crippen molar-refractivity contribution >= 4 is 33.2 Å². The molecule has 2 aromatic carbocycles. The van der Waals surface area contributed by atoms with Gasteiger partial charge in [0.05, 0.1) is 18.5 Å². The second kappa shape index (κ2) is 7.61. The number of sulfonamides is 1. The molecular weight excluding hydrogens is 415 g/mol. The lowest BCUT2D eigenvalue weighted by Crippen LogP contribution is -2.35. The second-order valence-electron chi connectivity index (χ2n) is 7.65. The monoisotopic (exact) mass is 436 g/mol. The van der Waals surface area contributed by atoms with Gasteiger partial charge in [-0.2, -0.15) is 0 Å². The van der Waals surface area contributed by atoms with E-state index in [9.17, 15) is 17.6 Å². The third-order valence-corrected chi connectivity index (χ3v) is 6.98. The normalized spacial score (nSPS) is 16.4. The molecule has 1 aliphatic heterocycles. The van der Waals surface area contributed by atoms with Crippen molar-refractivity contribution in [3.63, 3.8) is 0 Å². The first-order valence-electron chi connectivity index (χ1n) is 9.60. The van der Waals surface area contributed by atoms with Crippen molar-refractivity contribution in [2.45, 2.75) is 38.3 Å². The molecule has 0 N–H and O–H groups in total. The number of benzene rings is 2. The van der Waals surface area contributed by atoms with Crippen LogP contribution in [0.1, 0.15) is 40.7 Å². The van der Waals surface area contributed by atoms with Gasteiger partial charge in [0.15, 0.2) is 0 Å². The van der Waals surface area contributed by atoms with Crippen LogP contribution >= 0.6 is 11.6 Å². The smallest absolute Gasteiger partial charge is 0.254 e. The summed E-state index contributed by atoms with van der Waals surface area (Å²) in [6.45, 7) is 0.556. The van der Waals surface area contributed by atoms with Crippen LogP contribution in [0.3, 0.4) is 0 Å². The number of amides is 1. The molecule has 2 aromatic rings. The highest BCUT2D eigenvalue weighted by Crippen LogP contribution is 2.34. The molecule has 1 heterocycles. The van der Waals surface area contributed by atoms with Crippen LogP contribution in [0.4, 0.5) is 10.1 Å². The van der Waals surface area contributed by atoms with Crippen molar-refractivity contribution in [3.8, 4) is 0 Å². The third-order valence-electron chi connectivity index (χ3n) is 5.44. The zero-order valence-corrected chi connectivity index (χ0v) is 17.6. The molecule has 1 saturated carbocycles. The van der Waals surface area contributed by atoms with Crippen LogP contribution in [-0.2, 0) is 23.0 Å². The number of hydrogen-bond donors (Lipinski definition) is 0. The van der Waals surface area contributed by atoms with Gasteiger partial charge in [-0.3, -0.25) is 9.10 Å². The van der Waals surface area contributed by atoms with E-state index in [1.54, 1.807) is 35.2 Å². The van der Waals surface area contributed by atoms with E-state index in [2.05, 4.69) is 0 Å². The Morgan fingerprint density at radius 3 is 2.69 bits per heavy atom. The van der Waals surface area contributed by atoms with Crippen LogP contribution in [-0.4, -0.2) is 38.1 Å². The fourth-order valence-electron chi connectivity index (χ4n) is 3.81. The number of fused-ring (bicyclic) bond motifs is 1. The number of rotatable bonds is 5. The van der Waals surface area contributed by atoms with Crippen LogP contribution in [0.5, 0.6) is 0 Å². The summed E-state index contributed by atoms with van der Waals surface area (Å²) >= 11 is 6.16. The minimum Gasteiger partial charge on any atom is -0.331 e. The van der Waals surface area contributed by atoms with Crippen molar-refractivity contribution < 1.29 is 17.6 Å². The van der Waals surface area contributed by atoms with E-state index in [0.717, 1.165) is 18.4 Å². The average molecular weight is 437 g/mol. The predicted octanol–water partition coefficient (Wildman–Crippen LogP) is 4.00. The van der Waals surface area contributed by atoms with E-state index < -0.39 is 15.8 Å². The molecule has 0 unspecified atom stereocenters. The molecule has 1 aliphatic carbocycles. The summed E-state index contributed by atoms with van der Waals surface area (Å²) in [5, 5.41) is 0.303. The Hall–Kier alpha value is -2.12. The van der Waals surface area contributed by atoms with E-state index in [4.69, 9.17) is 11.6 Å². The Morgan fingerprint density at radius 2 is 2.03 bits per heavy atom. The van der Waals surface area contributed by atoms with Gasteiger partial charge in [0.2, 0.25) is 10.0 Å². The first-order chi connectivity index (χ1) is 13.8. The largest absolute Gasteiger partial charge is 0.331 e. The number of aryl methyl sites for hydroxylation is 1. The van der Waals surface area contributed by atoms with Crippen molar-refractivity contribution in [1.29, 1.82) is 0 Å². The fraction of sp³-hybridized carbons (Fsp3) is 0.381. The van der Waals surface area contributed by atoms with Gasteiger partial charge in [-0.25, -0.2) is 12.8 Å². The van der Waals surface area contributed by atoms with Gasteiger partial charge >= 0.3 is 0 Å². The van der Waals surface area contributed by atoms with Gasteiger partial charge in [0, 0.05) is 28.7 Å². The van der Waals surface area contributed by atoms with Crippen LogP contribution in [0, 0.1) is 5.82 Å². The summed E-state index contributed by atoms with van der Waals surface area (Å²) in [4.78, 5) is 14.9. The number of carbonyl (C=O) groups is 1. The number of halogens is 2. The van der Waals surface area contributed by atoms with Gasteiger partial charge < -0.3 is 4.90 Å². The first-order valence-corrected chi connectivity index (χ1v) is 11.8. The van der Waals surface area contributed by atoms with Gasteiger partial charge in [-0.05, 0) is 61.6 Å². The van der Waals surface area contributed by atoms with E-state index in [1.807, 2.05) is 0 Å². The summed E-state index contributed by atoms with van der Waals surface area (Å²) in [6.07, 6.45) is 4.36. The molecule has 5 nitrogen and oxygen atoms in total. The lowest BCUT2D eigenvalue weighted by Gasteiger charge is -2.30. The maximum absolute atomic E-state index is 14.3. The first kappa shape index (κ1) is 20.2. The van der Waals surface area contributed by atoms with Crippen molar-refractivity contribution in [1.82, 2.24) is 4.90 Å². The quantitative estimate of drug-likeness (QED) is 0.711. The Labute approximate surface area is 175 Å². The highest BCUT2D eigenvalue weighted by Gasteiger charge is 2.34. The Bertz CT molecular complexity index is 1050. The highest BCUT2D eigenvalue weighted by atomic mass is 35.5. The summed E-state index contributed by atoms with van der Waals surface area (Å²) in [7, 11) is -3.36. The molecule has 0 aromatic heterocycles. The maximum Gasteiger partial charge on any atom is 0.254 e. The minimum absolute atomic E-state index is 0.0710. The molecule has 1 amide bonds. The Morgan fingerprint density at radius 1 is 1.28 bits per heavy atom. The minimum atomic E-state index is -3.36. The summed E-state index contributed by atoms with van der Waals surface area (Å²) in [5.41, 5.74) is 2.27. The van der Waals surface area contributed by atoms with Crippen LogP contribution in [0.15, 0.2) is 36.4 Å². The SMILES string of the molecule is CS(=O)(=O)N1CCCc2cc(C(=O)N(Cc3c(F)cccc3Cl)C3CC3)ccc21. The van der Waals surface area contributed by atoms with E-state index in [1.165, 1.54) is 16.6 Å². The molecule has 8 heteroatoms. The summed E-state index contributed by atoms with van der Waals surface area (Å²) < 4.78 is 39.7. The van der Waals surface area contributed by atoms with Crippen LogP contribution < -0.4 is 4.31 Å². The van der Waals surface area contributed by atoms with Gasteiger partial charge in [0.25, 0.3) is 5.91 Å². The molecule has 0 radical (unpaired) electrons. The molecule has 2 aliphatic rings. The molecule has 0 atom stereocenters. The molecule has 0 bridgehead atoms. The predicted molar refractivity (Wildman–Crippen MR) is 111 cm³/mol. The summed E-state index contributed by atoms with van der Waals surface area (Å²) in [6, 6.07) is 9.70. The van der Waals surface area contributed by atoms with Crippen LogP contribution in [0.25, 0.3) is 0 Å². The van der Waals surface area contributed by atoms with Crippen molar-refractivity contribution in [2.75, 3.05) is 17.1 Å². The number of anilines is 1. The molecular formula is C21H22ClFN2O3S. The van der Waals surface area contributed by atoms with Crippen molar-refractivity contribution in [3.05, 3.63) is 63.9 Å². The summed E-state index contributed by atoms with van der Waals surface area (Å²) in [5.74, 6) is -0.615. The molecule has 154 valence electrons. The zero-order valence-electron chi connectivity index (χ0n) is 16.1. The van der Waals surface area contributed by atoms with E-state index in [0.29, 0.717) is 41.2 Å². The molecule has 0 saturated heterocycles. The number of hydrogen-bond acceptors (Lipinski definition) is 3. The standard InChI is InChI=1S/C21H22ClFN2O3S/c1-29(27,28)25-11-3-4-14-12-15(7-10-20(14)25)21(26)24(16-8-9-16)13-17-18(22)5-2-6-19(17)23/h2,5-7,10,12,16H,3-4,8-9,11,13H2,1H3. The second-order valence-corrected chi connectivity index (χ2v) is 9.96. The average Bonchev–Trinajstić information content (AvgIpc) is 3.51. The topological polar surface area (TPSA) is 57.7 Å². The Kier molecular flexibility index (Phi) is 5.29. The molecule has 4 rings (SSSR count). The zero-order chi connectivity index (χ0) is 20.8. The lowest BCUT2D eigenvalue weighted by atomic mass is 10.00. The molecule has 29 heavy (non-hydrogen) atoms. The maximum atomic E-state index is 14.3. The van der Waals surface area contributed by atoms with Gasteiger partial charge in [0.1, 0.15) is 5.82 Å². The third kappa shape index (κ3) is 4.12. The van der Waals surface area contributed by atoms with Crippen molar-refractivity contribution in [2.24, 2.45) is 0 Å². The fourth-order valence-corrected chi connectivity index (χ4v) is 5.03. The highest BCUT2D eigenvalue weighted by molar-refractivity contribution is 7.92. The number of carbonyl (C=O) groups excluding carboxylic acids is 1. The van der Waals surface area contributed by atoms with E-state index >= 15 is 0 Å². The lowest BCUT2D eigenvalue weighted by molar-refractivity contribution is 0.0728. The molecule has 0 spiro atoms. The van der Waals surface area contributed by atoms with E-state index in [-0.39, 0.29) is 18.5 Å².